The topological polar surface area (TPSA) is 48.1 Å². The van der Waals surface area contributed by atoms with Crippen LogP contribution in [0.25, 0.3) is 11.1 Å². The zero-order valence-electron chi connectivity index (χ0n) is 11.8. The Balaban J connectivity index is 1.99. The van der Waals surface area contributed by atoms with Crippen molar-refractivity contribution in [2.75, 3.05) is 5.73 Å². The molecule has 0 fully saturated rings. The molecule has 0 atom stereocenters. The molecule has 0 saturated heterocycles. The van der Waals surface area contributed by atoms with Gasteiger partial charge >= 0.3 is 0 Å². The summed E-state index contributed by atoms with van der Waals surface area (Å²) in [6.07, 6.45) is 0. The van der Waals surface area contributed by atoms with Crippen molar-refractivity contribution in [3.05, 3.63) is 69.8 Å². The number of hydrogen-bond donors (Lipinski definition) is 1. The molecule has 3 nitrogen and oxygen atoms in total. The highest BCUT2D eigenvalue weighted by Crippen LogP contribution is 2.33. The van der Waals surface area contributed by atoms with Crippen LogP contribution in [-0.4, -0.2) is 4.98 Å². The van der Waals surface area contributed by atoms with Gasteiger partial charge in [-0.25, -0.2) is 4.98 Å². The Bertz CT molecular complexity index is 848. The minimum absolute atomic E-state index is 0.300. The van der Waals surface area contributed by atoms with Gasteiger partial charge in [0.05, 0.1) is 0 Å². The van der Waals surface area contributed by atoms with Gasteiger partial charge in [0.1, 0.15) is 10.9 Å². The summed E-state index contributed by atoms with van der Waals surface area (Å²) in [4.78, 5) is 4.16. The fourth-order valence-electron chi connectivity index (χ4n) is 2.15. The smallest absolute Gasteiger partial charge is 0.221 e. The molecular formula is C17H11Cl3N2O. The average Bonchev–Trinajstić information content (AvgIpc) is 2.45. The normalized spacial score (nSPS) is 10.6. The molecule has 0 aliphatic carbocycles. The largest absolute Gasteiger partial charge is 0.439 e. The van der Waals surface area contributed by atoms with Crippen LogP contribution in [0.4, 0.5) is 5.69 Å². The SMILES string of the molecule is Nc1ccccc1-c1cc(Cl)nc(Oc2cc(Cl)cc(Cl)c2)c1. The molecule has 23 heavy (non-hydrogen) atoms. The Morgan fingerprint density at radius 3 is 2.26 bits per heavy atom. The second-order valence-electron chi connectivity index (χ2n) is 4.81. The molecule has 1 aromatic heterocycles. The number of pyridine rings is 1. The molecule has 0 saturated carbocycles. The van der Waals surface area contributed by atoms with E-state index in [2.05, 4.69) is 4.98 Å². The van der Waals surface area contributed by atoms with Crippen molar-refractivity contribution in [3.8, 4) is 22.8 Å². The summed E-state index contributed by atoms with van der Waals surface area (Å²) in [7, 11) is 0. The summed E-state index contributed by atoms with van der Waals surface area (Å²) in [6, 6.07) is 15.9. The van der Waals surface area contributed by atoms with Crippen LogP contribution in [0.2, 0.25) is 15.2 Å². The van der Waals surface area contributed by atoms with E-state index in [1.165, 1.54) is 0 Å². The van der Waals surface area contributed by atoms with E-state index >= 15 is 0 Å². The van der Waals surface area contributed by atoms with E-state index < -0.39 is 0 Å². The van der Waals surface area contributed by atoms with E-state index in [1.54, 1.807) is 30.3 Å². The van der Waals surface area contributed by atoms with Gasteiger partial charge in [0.25, 0.3) is 0 Å². The zero-order chi connectivity index (χ0) is 16.4. The number of para-hydroxylation sites is 1. The van der Waals surface area contributed by atoms with Gasteiger partial charge < -0.3 is 10.5 Å². The van der Waals surface area contributed by atoms with Crippen LogP contribution in [0.3, 0.4) is 0 Å². The maximum atomic E-state index is 6.10. The van der Waals surface area contributed by atoms with Crippen molar-refractivity contribution in [1.82, 2.24) is 4.98 Å². The maximum absolute atomic E-state index is 6.10. The first-order valence-electron chi connectivity index (χ1n) is 6.68. The van der Waals surface area contributed by atoms with Gasteiger partial charge in [-0.3, -0.25) is 0 Å². The number of hydrogen-bond acceptors (Lipinski definition) is 3. The molecule has 6 heteroatoms. The molecule has 3 aromatic rings. The van der Waals surface area contributed by atoms with Gasteiger partial charge in [-0.2, -0.15) is 0 Å². The quantitative estimate of drug-likeness (QED) is 0.452. The van der Waals surface area contributed by atoms with E-state index in [4.69, 9.17) is 45.3 Å². The lowest BCUT2D eigenvalue weighted by atomic mass is 10.1. The van der Waals surface area contributed by atoms with Crippen LogP contribution >= 0.6 is 34.8 Å². The number of ether oxygens (including phenoxy) is 1. The molecule has 2 aromatic carbocycles. The van der Waals surface area contributed by atoms with Crippen LogP contribution < -0.4 is 10.5 Å². The van der Waals surface area contributed by atoms with Crippen LogP contribution in [0, 0.1) is 0 Å². The molecular weight excluding hydrogens is 355 g/mol. The van der Waals surface area contributed by atoms with Crippen molar-refractivity contribution in [2.45, 2.75) is 0 Å². The van der Waals surface area contributed by atoms with Gasteiger partial charge in [0.2, 0.25) is 5.88 Å². The lowest BCUT2D eigenvalue weighted by molar-refractivity contribution is 0.463. The molecule has 0 radical (unpaired) electrons. The highest BCUT2D eigenvalue weighted by molar-refractivity contribution is 6.34. The summed E-state index contributed by atoms with van der Waals surface area (Å²) in [6.45, 7) is 0. The van der Waals surface area contributed by atoms with E-state index in [9.17, 15) is 0 Å². The van der Waals surface area contributed by atoms with Crippen LogP contribution in [0.15, 0.2) is 54.6 Å². The third-order valence-electron chi connectivity index (χ3n) is 3.10. The third-order valence-corrected chi connectivity index (χ3v) is 3.73. The highest BCUT2D eigenvalue weighted by atomic mass is 35.5. The number of halogens is 3. The summed E-state index contributed by atoms with van der Waals surface area (Å²) in [5.74, 6) is 0.804. The van der Waals surface area contributed by atoms with E-state index in [-0.39, 0.29) is 0 Å². The van der Waals surface area contributed by atoms with E-state index in [1.807, 2.05) is 24.3 Å². The first-order chi connectivity index (χ1) is 11.0. The zero-order valence-corrected chi connectivity index (χ0v) is 14.0. The molecule has 0 bridgehead atoms. The van der Waals surface area contributed by atoms with Crippen molar-refractivity contribution in [2.24, 2.45) is 0 Å². The Kier molecular flexibility index (Phi) is 4.62. The summed E-state index contributed by atoms with van der Waals surface area (Å²) in [5, 5.41) is 1.25. The molecule has 3 rings (SSSR count). The van der Waals surface area contributed by atoms with Gasteiger partial charge in [-0.15, -0.1) is 0 Å². The molecule has 0 aliphatic rings. The molecule has 2 N–H and O–H groups in total. The minimum Gasteiger partial charge on any atom is -0.439 e. The molecule has 0 amide bonds. The van der Waals surface area contributed by atoms with Crippen molar-refractivity contribution in [3.63, 3.8) is 0 Å². The third kappa shape index (κ3) is 3.88. The van der Waals surface area contributed by atoms with Crippen LogP contribution in [0.1, 0.15) is 0 Å². The number of benzene rings is 2. The number of nitrogen functional groups attached to an aromatic ring is 1. The monoisotopic (exact) mass is 364 g/mol. The Hall–Kier alpha value is -1.94. The second kappa shape index (κ2) is 6.67. The predicted octanol–water partition coefficient (Wildman–Crippen LogP) is 6.08. The van der Waals surface area contributed by atoms with Gasteiger partial charge in [0, 0.05) is 27.4 Å². The minimum atomic E-state index is 0.300. The predicted molar refractivity (Wildman–Crippen MR) is 95.6 cm³/mol. The Labute approximate surface area is 148 Å². The van der Waals surface area contributed by atoms with Crippen LogP contribution in [-0.2, 0) is 0 Å². The molecule has 0 aliphatic heterocycles. The average molecular weight is 366 g/mol. The number of aromatic nitrogens is 1. The van der Waals surface area contributed by atoms with Crippen molar-refractivity contribution < 1.29 is 4.74 Å². The highest BCUT2D eigenvalue weighted by Gasteiger charge is 2.09. The molecule has 0 unspecified atom stereocenters. The van der Waals surface area contributed by atoms with E-state index in [0.717, 1.165) is 11.1 Å². The van der Waals surface area contributed by atoms with Gasteiger partial charge in [-0.1, -0.05) is 53.0 Å². The number of nitrogens with zero attached hydrogens (tertiary/aromatic N) is 1. The standard InChI is InChI=1S/C17H11Cl3N2O/c18-11-7-12(19)9-13(8-11)23-17-6-10(5-16(20)22-17)14-3-1-2-4-15(14)21/h1-9H,21H2. The first kappa shape index (κ1) is 15.9. The Morgan fingerprint density at radius 2 is 1.57 bits per heavy atom. The lowest BCUT2D eigenvalue weighted by Gasteiger charge is -2.10. The maximum Gasteiger partial charge on any atom is 0.221 e. The summed E-state index contributed by atoms with van der Waals surface area (Å²) >= 11 is 18.0. The number of rotatable bonds is 3. The van der Waals surface area contributed by atoms with Gasteiger partial charge in [-0.05, 0) is 35.9 Å². The molecule has 1 heterocycles. The van der Waals surface area contributed by atoms with Gasteiger partial charge in [0.15, 0.2) is 0 Å². The fraction of sp³-hybridized carbons (Fsp3) is 0. The second-order valence-corrected chi connectivity index (χ2v) is 6.07. The molecule has 116 valence electrons. The van der Waals surface area contributed by atoms with Crippen LogP contribution in [0.5, 0.6) is 11.6 Å². The fourth-order valence-corrected chi connectivity index (χ4v) is 2.86. The number of nitrogens with two attached hydrogens (primary N) is 1. The number of anilines is 1. The lowest BCUT2D eigenvalue weighted by Crippen LogP contribution is -1.93. The summed E-state index contributed by atoms with van der Waals surface area (Å²) in [5.41, 5.74) is 8.31. The van der Waals surface area contributed by atoms with Crippen molar-refractivity contribution >= 4 is 40.5 Å². The summed E-state index contributed by atoms with van der Waals surface area (Å²) < 4.78 is 5.72. The van der Waals surface area contributed by atoms with Crippen molar-refractivity contribution in [1.29, 1.82) is 0 Å². The molecule has 0 spiro atoms. The first-order valence-corrected chi connectivity index (χ1v) is 7.81. The van der Waals surface area contributed by atoms with E-state index in [0.29, 0.717) is 32.5 Å². The Morgan fingerprint density at radius 1 is 0.870 bits per heavy atom.